The van der Waals surface area contributed by atoms with Crippen LogP contribution in [0.3, 0.4) is 0 Å². The molecule has 99 valence electrons. The van der Waals surface area contributed by atoms with E-state index in [9.17, 15) is 4.79 Å². The van der Waals surface area contributed by atoms with E-state index < -0.39 is 0 Å². The van der Waals surface area contributed by atoms with Crippen LogP contribution in [0, 0.1) is 6.92 Å². The summed E-state index contributed by atoms with van der Waals surface area (Å²) < 4.78 is 1.04. The second-order valence-electron chi connectivity index (χ2n) is 4.29. The van der Waals surface area contributed by atoms with E-state index in [1.54, 1.807) is 0 Å². The number of urea groups is 1. The first-order valence-electron chi connectivity index (χ1n) is 6.23. The number of rotatable bonds is 6. The molecule has 2 amide bonds. The Labute approximate surface area is 117 Å². The van der Waals surface area contributed by atoms with Gasteiger partial charge in [0.1, 0.15) is 0 Å². The standard InChI is InChI=1S/C14H20BrN2O/c1-3-4-5-11(2)17-14(18)16-10-12-6-8-13(15)9-7-12/h6-9,11H,2-5,10H2,1H3,(H2,16,17,18)/t11-/m0/s1. The van der Waals surface area contributed by atoms with Crippen molar-refractivity contribution in [2.24, 2.45) is 0 Å². The lowest BCUT2D eigenvalue weighted by Gasteiger charge is -2.14. The summed E-state index contributed by atoms with van der Waals surface area (Å²) in [7, 11) is 0. The van der Waals surface area contributed by atoms with Crippen LogP contribution in [0.1, 0.15) is 31.7 Å². The fourth-order valence-electron chi connectivity index (χ4n) is 1.54. The molecule has 0 saturated heterocycles. The molecule has 3 nitrogen and oxygen atoms in total. The maximum Gasteiger partial charge on any atom is 0.315 e. The SMILES string of the molecule is [CH2][C@@H](CCCC)NC(=O)NCc1ccc(Br)cc1. The molecule has 1 aromatic rings. The van der Waals surface area contributed by atoms with E-state index in [0.717, 1.165) is 29.3 Å². The molecule has 0 aromatic heterocycles. The van der Waals surface area contributed by atoms with Crippen LogP contribution in [0.5, 0.6) is 0 Å². The van der Waals surface area contributed by atoms with Gasteiger partial charge in [-0.15, -0.1) is 0 Å². The van der Waals surface area contributed by atoms with Gasteiger partial charge in [0.25, 0.3) is 0 Å². The Morgan fingerprint density at radius 1 is 1.39 bits per heavy atom. The molecule has 0 fully saturated rings. The molecule has 0 saturated carbocycles. The third kappa shape index (κ3) is 6.05. The minimum atomic E-state index is -0.158. The number of hydrogen-bond donors (Lipinski definition) is 2. The molecular weight excluding hydrogens is 292 g/mol. The van der Waals surface area contributed by atoms with Crippen molar-refractivity contribution in [1.82, 2.24) is 10.6 Å². The molecule has 2 N–H and O–H groups in total. The highest BCUT2D eigenvalue weighted by atomic mass is 79.9. The molecule has 0 unspecified atom stereocenters. The van der Waals surface area contributed by atoms with Crippen molar-refractivity contribution in [3.05, 3.63) is 41.2 Å². The number of carbonyl (C=O) groups excluding carboxylic acids is 1. The lowest BCUT2D eigenvalue weighted by molar-refractivity contribution is 0.237. The average Bonchev–Trinajstić information content (AvgIpc) is 2.35. The smallest absolute Gasteiger partial charge is 0.315 e. The third-order valence-corrected chi connectivity index (χ3v) is 3.14. The topological polar surface area (TPSA) is 41.1 Å². The van der Waals surface area contributed by atoms with Crippen LogP contribution >= 0.6 is 15.9 Å². The van der Waals surface area contributed by atoms with Crippen LogP contribution < -0.4 is 10.6 Å². The molecule has 0 aliphatic heterocycles. The quantitative estimate of drug-likeness (QED) is 0.827. The Bertz CT molecular complexity index is 365. The highest BCUT2D eigenvalue weighted by molar-refractivity contribution is 9.10. The predicted octanol–water partition coefficient (Wildman–Crippen LogP) is 3.64. The molecule has 1 rings (SSSR count). The molecule has 0 heterocycles. The van der Waals surface area contributed by atoms with Crippen molar-refractivity contribution in [3.8, 4) is 0 Å². The van der Waals surface area contributed by atoms with Gasteiger partial charge in [-0.05, 0) is 31.0 Å². The van der Waals surface area contributed by atoms with Crippen molar-refractivity contribution in [2.45, 2.75) is 38.8 Å². The Morgan fingerprint density at radius 3 is 2.67 bits per heavy atom. The van der Waals surface area contributed by atoms with Gasteiger partial charge in [-0.1, -0.05) is 47.8 Å². The van der Waals surface area contributed by atoms with E-state index in [4.69, 9.17) is 0 Å². The van der Waals surface area contributed by atoms with Crippen molar-refractivity contribution >= 4 is 22.0 Å². The van der Waals surface area contributed by atoms with Crippen molar-refractivity contribution in [2.75, 3.05) is 0 Å². The second kappa shape index (κ2) is 8.14. The molecule has 0 aliphatic carbocycles. The molecule has 1 radical (unpaired) electrons. The maximum absolute atomic E-state index is 11.6. The Morgan fingerprint density at radius 2 is 2.06 bits per heavy atom. The third-order valence-electron chi connectivity index (χ3n) is 2.61. The Kier molecular flexibility index (Phi) is 6.80. The van der Waals surface area contributed by atoms with Crippen LogP contribution in [0.25, 0.3) is 0 Å². The summed E-state index contributed by atoms with van der Waals surface area (Å²) in [6.45, 7) is 6.56. The van der Waals surface area contributed by atoms with Crippen LogP contribution in [-0.4, -0.2) is 12.1 Å². The Balaban J connectivity index is 2.26. The summed E-state index contributed by atoms with van der Waals surface area (Å²) in [6.07, 6.45) is 3.12. The highest BCUT2D eigenvalue weighted by Crippen LogP contribution is 2.10. The number of carbonyl (C=O) groups is 1. The van der Waals surface area contributed by atoms with E-state index in [-0.39, 0.29) is 12.1 Å². The van der Waals surface area contributed by atoms with Gasteiger partial charge < -0.3 is 10.6 Å². The first-order chi connectivity index (χ1) is 8.61. The van der Waals surface area contributed by atoms with Gasteiger partial charge in [0.05, 0.1) is 0 Å². The summed E-state index contributed by atoms with van der Waals surface area (Å²) in [6, 6.07) is 7.69. The maximum atomic E-state index is 11.6. The van der Waals surface area contributed by atoms with Gasteiger partial charge in [-0.2, -0.15) is 0 Å². The zero-order valence-corrected chi connectivity index (χ0v) is 12.3. The molecule has 18 heavy (non-hydrogen) atoms. The van der Waals surface area contributed by atoms with E-state index in [0.29, 0.717) is 6.54 Å². The average molecular weight is 312 g/mol. The van der Waals surface area contributed by atoms with Crippen LogP contribution in [0.15, 0.2) is 28.7 Å². The molecule has 0 bridgehead atoms. The monoisotopic (exact) mass is 311 g/mol. The van der Waals surface area contributed by atoms with Crippen LogP contribution in [0.2, 0.25) is 0 Å². The van der Waals surface area contributed by atoms with Crippen molar-refractivity contribution < 1.29 is 4.79 Å². The summed E-state index contributed by atoms with van der Waals surface area (Å²) in [4.78, 5) is 11.6. The predicted molar refractivity (Wildman–Crippen MR) is 78.2 cm³/mol. The molecule has 1 atom stereocenters. The summed E-state index contributed by atoms with van der Waals surface area (Å²) in [5.74, 6) is 0. The summed E-state index contributed by atoms with van der Waals surface area (Å²) in [5.41, 5.74) is 1.07. The first-order valence-corrected chi connectivity index (χ1v) is 7.03. The number of unbranched alkanes of at least 4 members (excludes halogenated alkanes) is 1. The largest absolute Gasteiger partial charge is 0.335 e. The number of benzene rings is 1. The lowest BCUT2D eigenvalue weighted by Crippen LogP contribution is -2.40. The zero-order valence-electron chi connectivity index (χ0n) is 10.7. The number of hydrogen-bond acceptors (Lipinski definition) is 1. The van der Waals surface area contributed by atoms with Crippen molar-refractivity contribution in [3.63, 3.8) is 0 Å². The van der Waals surface area contributed by atoms with Crippen LogP contribution in [-0.2, 0) is 6.54 Å². The molecule has 0 spiro atoms. The minimum absolute atomic E-state index is 0.0186. The van der Waals surface area contributed by atoms with Gasteiger partial charge in [0.2, 0.25) is 0 Å². The first kappa shape index (κ1) is 15.0. The fourth-order valence-corrected chi connectivity index (χ4v) is 1.81. The lowest BCUT2D eigenvalue weighted by atomic mass is 10.1. The van der Waals surface area contributed by atoms with E-state index in [2.05, 4.69) is 40.4 Å². The van der Waals surface area contributed by atoms with Gasteiger partial charge in [-0.3, -0.25) is 0 Å². The van der Waals surface area contributed by atoms with E-state index in [1.165, 1.54) is 0 Å². The molecular formula is C14H20BrN2O. The van der Waals surface area contributed by atoms with E-state index >= 15 is 0 Å². The zero-order chi connectivity index (χ0) is 13.4. The number of nitrogens with one attached hydrogen (secondary N) is 2. The van der Waals surface area contributed by atoms with Gasteiger partial charge in [-0.25, -0.2) is 4.79 Å². The van der Waals surface area contributed by atoms with Gasteiger partial charge >= 0.3 is 6.03 Å². The molecule has 0 aliphatic rings. The van der Waals surface area contributed by atoms with Gasteiger partial charge in [0, 0.05) is 17.1 Å². The number of halogens is 1. The highest BCUT2D eigenvalue weighted by Gasteiger charge is 2.06. The fraction of sp³-hybridized carbons (Fsp3) is 0.429. The summed E-state index contributed by atoms with van der Waals surface area (Å²) >= 11 is 3.37. The van der Waals surface area contributed by atoms with Crippen molar-refractivity contribution in [1.29, 1.82) is 0 Å². The summed E-state index contributed by atoms with van der Waals surface area (Å²) in [5, 5.41) is 5.65. The Hall–Kier alpha value is -1.03. The van der Waals surface area contributed by atoms with Crippen LogP contribution in [0.4, 0.5) is 4.79 Å². The molecule has 1 aromatic carbocycles. The van der Waals surface area contributed by atoms with Gasteiger partial charge in [0.15, 0.2) is 0 Å². The van der Waals surface area contributed by atoms with E-state index in [1.807, 2.05) is 24.3 Å². The minimum Gasteiger partial charge on any atom is -0.335 e. The number of amides is 2. The molecule has 4 heteroatoms. The normalized spacial score (nSPS) is 11.9. The second-order valence-corrected chi connectivity index (χ2v) is 5.21.